The molecular formula is C14H14N3O2+. The van der Waals surface area contributed by atoms with Gasteiger partial charge in [-0.1, -0.05) is 12.1 Å². The first-order valence-electron chi connectivity index (χ1n) is 6.06. The zero-order valence-electron chi connectivity index (χ0n) is 10.8. The van der Waals surface area contributed by atoms with Crippen LogP contribution in [0.1, 0.15) is 11.7 Å². The Labute approximate surface area is 110 Å². The molecule has 1 aliphatic rings. The summed E-state index contributed by atoms with van der Waals surface area (Å²) < 4.78 is 6.91. The summed E-state index contributed by atoms with van der Waals surface area (Å²) in [6.45, 7) is 1.83. The number of aromatic nitrogens is 2. The lowest BCUT2D eigenvalue weighted by atomic mass is 10.1. The van der Waals surface area contributed by atoms with Gasteiger partial charge in [0, 0.05) is 5.56 Å². The van der Waals surface area contributed by atoms with E-state index >= 15 is 0 Å². The van der Waals surface area contributed by atoms with Crippen molar-refractivity contribution in [1.29, 1.82) is 0 Å². The fourth-order valence-corrected chi connectivity index (χ4v) is 2.19. The van der Waals surface area contributed by atoms with Gasteiger partial charge < -0.3 is 4.74 Å². The van der Waals surface area contributed by atoms with Crippen molar-refractivity contribution in [2.45, 2.75) is 13.0 Å². The van der Waals surface area contributed by atoms with Crippen LogP contribution in [0, 0.1) is 0 Å². The van der Waals surface area contributed by atoms with Gasteiger partial charge in [-0.3, -0.25) is 5.32 Å². The molecule has 1 aromatic carbocycles. The van der Waals surface area contributed by atoms with E-state index in [-0.39, 0.29) is 11.9 Å². The Kier molecular flexibility index (Phi) is 2.67. The van der Waals surface area contributed by atoms with E-state index in [0.29, 0.717) is 5.69 Å². The van der Waals surface area contributed by atoms with Crippen LogP contribution in [0.5, 0.6) is 5.75 Å². The molecule has 0 radical (unpaired) electrons. The SMILES string of the molecule is COc1ccccc1-c1c[n+]2c(cn1)NC(C)C2=O. The summed E-state index contributed by atoms with van der Waals surface area (Å²) in [6.07, 6.45) is 3.41. The van der Waals surface area contributed by atoms with Crippen molar-refractivity contribution in [3.63, 3.8) is 0 Å². The van der Waals surface area contributed by atoms with E-state index in [1.54, 1.807) is 24.1 Å². The second kappa shape index (κ2) is 4.35. The normalized spacial score (nSPS) is 16.9. The molecule has 2 aromatic rings. The number of benzene rings is 1. The maximum Gasteiger partial charge on any atom is 0.358 e. The summed E-state index contributed by atoms with van der Waals surface area (Å²) >= 11 is 0. The molecule has 19 heavy (non-hydrogen) atoms. The third-order valence-electron chi connectivity index (χ3n) is 3.19. The molecule has 1 atom stereocenters. The zero-order chi connectivity index (χ0) is 13.4. The summed E-state index contributed by atoms with van der Waals surface area (Å²) in [5, 5.41) is 3.07. The molecule has 0 fully saturated rings. The monoisotopic (exact) mass is 256 g/mol. The lowest BCUT2D eigenvalue weighted by Gasteiger charge is -2.06. The average molecular weight is 256 g/mol. The van der Waals surface area contributed by atoms with Crippen LogP contribution in [0.25, 0.3) is 11.3 Å². The molecule has 3 rings (SSSR count). The third-order valence-corrected chi connectivity index (χ3v) is 3.19. The van der Waals surface area contributed by atoms with Gasteiger partial charge in [0.25, 0.3) is 0 Å². The van der Waals surface area contributed by atoms with Crippen molar-refractivity contribution in [3.8, 4) is 17.0 Å². The molecule has 96 valence electrons. The van der Waals surface area contributed by atoms with Crippen LogP contribution in [0.15, 0.2) is 36.7 Å². The Morgan fingerprint density at radius 1 is 1.37 bits per heavy atom. The van der Waals surface area contributed by atoms with Crippen LogP contribution < -0.4 is 14.6 Å². The van der Waals surface area contributed by atoms with Crippen LogP contribution in [-0.2, 0) is 0 Å². The number of nitrogens with one attached hydrogen (secondary N) is 1. The number of nitrogens with zero attached hydrogens (tertiary/aromatic N) is 2. The van der Waals surface area contributed by atoms with Crippen molar-refractivity contribution in [2.75, 3.05) is 12.4 Å². The second-order valence-corrected chi connectivity index (χ2v) is 4.43. The summed E-state index contributed by atoms with van der Waals surface area (Å²) in [6, 6.07) is 7.40. The van der Waals surface area contributed by atoms with Crippen LogP contribution in [0.4, 0.5) is 5.82 Å². The Morgan fingerprint density at radius 2 is 2.16 bits per heavy atom. The highest BCUT2D eigenvalue weighted by atomic mass is 16.5. The summed E-state index contributed by atoms with van der Waals surface area (Å²) in [5.41, 5.74) is 1.58. The van der Waals surface area contributed by atoms with Crippen LogP contribution in [-0.4, -0.2) is 24.0 Å². The molecule has 0 amide bonds. The van der Waals surface area contributed by atoms with Gasteiger partial charge >= 0.3 is 11.7 Å². The summed E-state index contributed by atoms with van der Waals surface area (Å²) in [5.74, 6) is 1.48. The van der Waals surface area contributed by atoms with Crippen LogP contribution in [0.3, 0.4) is 0 Å². The Hall–Kier alpha value is -2.43. The topological polar surface area (TPSA) is 55.1 Å². The van der Waals surface area contributed by atoms with E-state index in [0.717, 1.165) is 17.1 Å². The number of hydrogen-bond donors (Lipinski definition) is 1. The number of para-hydroxylation sites is 1. The van der Waals surface area contributed by atoms with E-state index in [1.165, 1.54) is 0 Å². The maximum absolute atomic E-state index is 12.0. The van der Waals surface area contributed by atoms with E-state index in [2.05, 4.69) is 10.3 Å². The summed E-state index contributed by atoms with van der Waals surface area (Å²) in [7, 11) is 1.62. The molecule has 2 heterocycles. The van der Waals surface area contributed by atoms with Crippen LogP contribution >= 0.6 is 0 Å². The standard InChI is InChI=1S/C14H13N3O2/c1-9-14(18)17-8-11(15-7-13(17)16-9)10-5-3-4-6-12(10)19-2/h3-9H,1-2H3/p+1. The highest BCUT2D eigenvalue weighted by Crippen LogP contribution is 2.27. The molecule has 5 heteroatoms. The minimum absolute atomic E-state index is 0.0218. The van der Waals surface area contributed by atoms with Gasteiger partial charge in [-0.05, 0) is 19.1 Å². The average Bonchev–Trinajstić information content (AvgIpc) is 2.74. The fourth-order valence-electron chi connectivity index (χ4n) is 2.19. The van der Waals surface area contributed by atoms with Gasteiger partial charge in [0.2, 0.25) is 0 Å². The predicted octanol–water partition coefficient (Wildman–Crippen LogP) is 1.50. The van der Waals surface area contributed by atoms with Crippen molar-refractivity contribution in [3.05, 3.63) is 36.7 Å². The molecule has 0 bridgehead atoms. The van der Waals surface area contributed by atoms with Gasteiger partial charge in [0.05, 0.1) is 7.11 Å². The van der Waals surface area contributed by atoms with E-state index in [4.69, 9.17) is 4.74 Å². The highest BCUT2D eigenvalue weighted by Gasteiger charge is 2.35. The number of carbonyl (C=O) groups excluding carboxylic acids is 1. The molecule has 0 spiro atoms. The largest absolute Gasteiger partial charge is 0.496 e. The zero-order valence-corrected chi connectivity index (χ0v) is 10.8. The molecule has 1 aliphatic heterocycles. The quantitative estimate of drug-likeness (QED) is 0.827. The predicted molar refractivity (Wildman–Crippen MR) is 70.1 cm³/mol. The van der Waals surface area contributed by atoms with Crippen molar-refractivity contribution in [2.24, 2.45) is 0 Å². The fraction of sp³-hybridized carbons (Fsp3) is 0.214. The van der Waals surface area contributed by atoms with Crippen molar-refractivity contribution >= 4 is 11.7 Å². The third kappa shape index (κ3) is 1.83. The minimum atomic E-state index is -0.213. The Bertz CT molecular complexity index is 655. The van der Waals surface area contributed by atoms with Crippen molar-refractivity contribution in [1.82, 2.24) is 4.98 Å². The molecule has 0 saturated carbocycles. The number of anilines is 1. The maximum atomic E-state index is 12.0. The van der Waals surface area contributed by atoms with E-state index < -0.39 is 0 Å². The minimum Gasteiger partial charge on any atom is -0.496 e. The number of hydrogen-bond acceptors (Lipinski definition) is 4. The first-order chi connectivity index (χ1) is 9.20. The lowest BCUT2D eigenvalue weighted by molar-refractivity contribution is -0.552. The Balaban J connectivity index is 2.11. The summed E-state index contributed by atoms with van der Waals surface area (Å²) in [4.78, 5) is 16.4. The van der Waals surface area contributed by atoms with Crippen LogP contribution in [0.2, 0.25) is 0 Å². The molecular weight excluding hydrogens is 242 g/mol. The van der Waals surface area contributed by atoms with Crippen molar-refractivity contribution < 1.29 is 14.1 Å². The molecule has 0 aliphatic carbocycles. The Morgan fingerprint density at radius 3 is 2.95 bits per heavy atom. The van der Waals surface area contributed by atoms with Gasteiger partial charge in [-0.2, -0.15) is 4.57 Å². The number of carbonyl (C=O) groups is 1. The molecule has 1 aromatic heterocycles. The van der Waals surface area contributed by atoms with Gasteiger partial charge in [0.1, 0.15) is 23.8 Å². The van der Waals surface area contributed by atoms with E-state index in [9.17, 15) is 4.79 Å². The molecule has 1 unspecified atom stereocenters. The first kappa shape index (κ1) is 11.6. The lowest BCUT2D eigenvalue weighted by Crippen LogP contribution is -2.42. The highest BCUT2D eigenvalue weighted by molar-refractivity contribution is 5.81. The number of rotatable bonds is 2. The molecule has 0 saturated heterocycles. The molecule has 5 nitrogen and oxygen atoms in total. The van der Waals surface area contributed by atoms with Gasteiger partial charge in [-0.15, -0.1) is 0 Å². The van der Waals surface area contributed by atoms with E-state index in [1.807, 2.05) is 31.2 Å². The van der Waals surface area contributed by atoms with Gasteiger partial charge in [-0.25, -0.2) is 9.78 Å². The smallest absolute Gasteiger partial charge is 0.358 e. The molecule has 1 N–H and O–H groups in total. The number of methoxy groups -OCH3 is 1. The van der Waals surface area contributed by atoms with Gasteiger partial charge in [0.15, 0.2) is 6.04 Å². The second-order valence-electron chi connectivity index (χ2n) is 4.43. The first-order valence-corrected chi connectivity index (χ1v) is 6.06. The number of fused-ring (bicyclic) bond motifs is 1. The number of ether oxygens (including phenoxy) is 1.